The van der Waals surface area contributed by atoms with Crippen molar-refractivity contribution in [1.29, 1.82) is 0 Å². The number of nitrogens with zero attached hydrogens (tertiary/aromatic N) is 1. The van der Waals surface area contributed by atoms with E-state index in [1.807, 2.05) is 27.7 Å². The minimum atomic E-state index is -0.501. The maximum Gasteiger partial charge on any atom is 0.407 e. The van der Waals surface area contributed by atoms with Crippen LogP contribution in [0.15, 0.2) is 23.2 Å². The van der Waals surface area contributed by atoms with Gasteiger partial charge in [-0.3, -0.25) is 0 Å². The molecule has 0 aromatic heterocycles. The average molecular weight is 508 g/mol. The summed E-state index contributed by atoms with van der Waals surface area (Å²) in [4.78, 5) is 16.0. The Hall–Kier alpha value is -1.91. The van der Waals surface area contributed by atoms with Crippen LogP contribution in [-0.2, 0) is 11.3 Å². The molecule has 0 saturated carbocycles. The minimum absolute atomic E-state index is 0. The Bertz CT molecular complexity index is 633. The lowest BCUT2D eigenvalue weighted by Crippen LogP contribution is -2.39. The first kappa shape index (κ1) is 26.1. The van der Waals surface area contributed by atoms with E-state index < -0.39 is 11.7 Å². The topological polar surface area (TPSA) is 104 Å². The van der Waals surface area contributed by atoms with Crippen molar-refractivity contribution in [3.05, 3.63) is 23.8 Å². The van der Waals surface area contributed by atoms with Crippen LogP contribution in [0.2, 0.25) is 0 Å². The minimum Gasteiger partial charge on any atom is -0.508 e. The van der Waals surface area contributed by atoms with E-state index >= 15 is 0 Å². The third-order valence-corrected chi connectivity index (χ3v) is 3.35. The number of nitrogens with one attached hydrogen (secondary N) is 3. The number of aliphatic imine (C=N–C) groups is 1. The molecule has 0 aliphatic heterocycles. The van der Waals surface area contributed by atoms with Gasteiger partial charge in [0, 0.05) is 25.2 Å². The monoisotopic (exact) mass is 508 g/mol. The molecule has 0 aliphatic carbocycles. The van der Waals surface area contributed by atoms with E-state index in [2.05, 4.69) is 20.9 Å². The van der Waals surface area contributed by atoms with Gasteiger partial charge in [-0.1, -0.05) is 0 Å². The second-order valence-corrected chi connectivity index (χ2v) is 6.90. The van der Waals surface area contributed by atoms with Crippen molar-refractivity contribution in [2.45, 2.75) is 46.3 Å². The van der Waals surface area contributed by atoms with Gasteiger partial charge in [0.05, 0.1) is 13.7 Å². The Morgan fingerprint density at radius 3 is 2.46 bits per heavy atom. The fourth-order valence-electron chi connectivity index (χ4n) is 2.12. The molecular weight excluding hydrogens is 475 g/mol. The van der Waals surface area contributed by atoms with Crippen molar-refractivity contribution in [2.75, 3.05) is 26.7 Å². The number of ether oxygens (including phenoxy) is 2. The number of aromatic hydroxyl groups is 1. The number of guanidine groups is 1. The molecule has 28 heavy (non-hydrogen) atoms. The predicted molar refractivity (Wildman–Crippen MR) is 122 cm³/mol. The first-order chi connectivity index (χ1) is 12.7. The molecule has 0 unspecified atom stereocenters. The molecule has 0 aliphatic rings. The molecule has 4 N–H and O–H groups in total. The molecule has 1 aromatic carbocycles. The van der Waals surface area contributed by atoms with E-state index in [9.17, 15) is 9.90 Å². The highest BCUT2D eigenvalue weighted by atomic mass is 127. The summed E-state index contributed by atoms with van der Waals surface area (Å²) in [6, 6.07) is 5.04. The zero-order valence-corrected chi connectivity index (χ0v) is 19.6. The molecule has 1 aromatic rings. The summed E-state index contributed by atoms with van der Waals surface area (Å²) in [6.45, 7) is 9.61. The van der Waals surface area contributed by atoms with Gasteiger partial charge in [-0.2, -0.15) is 0 Å². The zero-order chi connectivity index (χ0) is 20.3. The Kier molecular flexibility index (Phi) is 12.4. The summed E-state index contributed by atoms with van der Waals surface area (Å²) in [7, 11) is 1.58. The maximum atomic E-state index is 11.6. The van der Waals surface area contributed by atoms with Crippen LogP contribution in [-0.4, -0.2) is 49.5 Å². The van der Waals surface area contributed by atoms with Gasteiger partial charge in [-0.05, 0) is 52.3 Å². The van der Waals surface area contributed by atoms with Gasteiger partial charge in [-0.15, -0.1) is 24.0 Å². The van der Waals surface area contributed by atoms with Crippen LogP contribution in [0, 0.1) is 0 Å². The largest absolute Gasteiger partial charge is 0.508 e. The number of alkyl carbamates (subject to hydrolysis) is 1. The third-order valence-electron chi connectivity index (χ3n) is 3.35. The molecular formula is C19H33IN4O4. The summed E-state index contributed by atoms with van der Waals surface area (Å²) < 4.78 is 10.4. The number of amides is 1. The molecule has 0 saturated heterocycles. The Balaban J connectivity index is 0.00000729. The molecule has 160 valence electrons. The molecule has 0 bridgehead atoms. The van der Waals surface area contributed by atoms with Gasteiger partial charge in [0.15, 0.2) is 5.96 Å². The smallest absolute Gasteiger partial charge is 0.407 e. The SMILES string of the molecule is CCNC(=NCc1cc(OC)ccc1O)NCCCNC(=O)OC(C)(C)C.I. The Labute approximate surface area is 184 Å². The van der Waals surface area contributed by atoms with Gasteiger partial charge in [-0.25, -0.2) is 9.79 Å². The summed E-state index contributed by atoms with van der Waals surface area (Å²) in [6.07, 6.45) is 0.296. The number of carbonyl (C=O) groups is 1. The summed E-state index contributed by atoms with van der Waals surface area (Å²) in [5.41, 5.74) is 0.178. The highest BCUT2D eigenvalue weighted by Gasteiger charge is 2.15. The van der Waals surface area contributed by atoms with E-state index in [1.165, 1.54) is 0 Å². The van der Waals surface area contributed by atoms with Crippen molar-refractivity contribution in [2.24, 2.45) is 4.99 Å². The van der Waals surface area contributed by atoms with E-state index in [4.69, 9.17) is 9.47 Å². The van der Waals surface area contributed by atoms with E-state index in [-0.39, 0.29) is 29.7 Å². The molecule has 0 fully saturated rings. The number of rotatable bonds is 8. The number of carbonyl (C=O) groups excluding carboxylic acids is 1. The molecule has 0 heterocycles. The van der Waals surface area contributed by atoms with Crippen molar-refractivity contribution >= 4 is 36.0 Å². The van der Waals surface area contributed by atoms with Gasteiger partial charge >= 0.3 is 6.09 Å². The first-order valence-corrected chi connectivity index (χ1v) is 9.10. The van der Waals surface area contributed by atoms with E-state index in [0.717, 1.165) is 0 Å². The standard InChI is InChI=1S/C19H32N4O4.HI/c1-6-20-17(21-10-7-11-22-18(25)27-19(2,3)4)23-13-14-12-15(26-5)8-9-16(14)24;/h8-9,12,24H,6-7,10-11,13H2,1-5H3,(H,22,25)(H2,20,21,23);1H. The fourth-order valence-corrected chi connectivity index (χ4v) is 2.12. The van der Waals surface area contributed by atoms with Crippen molar-refractivity contribution in [1.82, 2.24) is 16.0 Å². The summed E-state index contributed by atoms with van der Waals surface area (Å²) in [5.74, 6) is 1.48. The number of phenols is 1. The van der Waals surface area contributed by atoms with Crippen molar-refractivity contribution in [3.8, 4) is 11.5 Å². The molecule has 0 atom stereocenters. The molecule has 0 radical (unpaired) electrons. The predicted octanol–water partition coefficient (Wildman–Crippen LogP) is 2.99. The highest BCUT2D eigenvalue weighted by molar-refractivity contribution is 14.0. The summed E-state index contributed by atoms with van der Waals surface area (Å²) >= 11 is 0. The number of hydrogen-bond donors (Lipinski definition) is 4. The quantitative estimate of drug-likeness (QED) is 0.186. The molecule has 1 amide bonds. The van der Waals surface area contributed by atoms with E-state index in [1.54, 1.807) is 25.3 Å². The van der Waals surface area contributed by atoms with Gasteiger partial charge < -0.3 is 30.5 Å². The first-order valence-electron chi connectivity index (χ1n) is 9.10. The number of benzene rings is 1. The van der Waals surface area contributed by atoms with Crippen LogP contribution in [0.4, 0.5) is 4.79 Å². The number of hydrogen-bond acceptors (Lipinski definition) is 5. The summed E-state index contributed by atoms with van der Waals surface area (Å²) in [5, 5.41) is 19.0. The maximum absolute atomic E-state index is 11.6. The second-order valence-electron chi connectivity index (χ2n) is 6.90. The van der Waals surface area contributed by atoms with Crippen LogP contribution in [0.1, 0.15) is 39.7 Å². The molecule has 0 spiro atoms. The van der Waals surface area contributed by atoms with Gasteiger partial charge in [0.25, 0.3) is 0 Å². The van der Waals surface area contributed by atoms with Crippen LogP contribution in [0.25, 0.3) is 0 Å². The highest BCUT2D eigenvalue weighted by Crippen LogP contribution is 2.23. The van der Waals surface area contributed by atoms with Crippen molar-refractivity contribution < 1.29 is 19.4 Å². The number of methoxy groups -OCH3 is 1. The lowest BCUT2D eigenvalue weighted by Gasteiger charge is -2.19. The lowest BCUT2D eigenvalue weighted by atomic mass is 10.2. The second kappa shape index (κ2) is 13.3. The lowest BCUT2D eigenvalue weighted by molar-refractivity contribution is 0.0527. The average Bonchev–Trinajstić information content (AvgIpc) is 2.58. The van der Waals surface area contributed by atoms with Gasteiger partial charge in [0.1, 0.15) is 17.1 Å². The zero-order valence-electron chi connectivity index (χ0n) is 17.3. The third kappa shape index (κ3) is 11.1. The normalized spacial score (nSPS) is 11.2. The Morgan fingerprint density at radius 1 is 1.18 bits per heavy atom. The van der Waals surface area contributed by atoms with E-state index in [0.29, 0.717) is 49.9 Å². The molecule has 1 rings (SSSR count). The van der Waals surface area contributed by atoms with Crippen LogP contribution < -0.4 is 20.7 Å². The number of halogens is 1. The molecule has 9 heteroatoms. The van der Waals surface area contributed by atoms with Crippen LogP contribution in [0.5, 0.6) is 11.5 Å². The van der Waals surface area contributed by atoms with Crippen molar-refractivity contribution in [3.63, 3.8) is 0 Å². The number of phenolic OH excluding ortho intramolecular Hbond substituents is 1. The molecule has 8 nitrogen and oxygen atoms in total. The van der Waals surface area contributed by atoms with Crippen LogP contribution in [0.3, 0.4) is 0 Å². The fraction of sp³-hybridized carbons (Fsp3) is 0.579. The Morgan fingerprint density at radius 2 is 1.86 bits per heavy atom. The van der Waals surface area contributed by atoms with Gasteiger partial charge in [0.2, 0.25) is 0 Å². The van der Waals surface area contributed by atoms with Crippen LogP contribution >= 0.6 is 24.0 Å².